The number of anilines is 1. The number of aryl methyl sites for hydroxylation is 1. The van der Waals surface area contributed by atoms with E-state index in [1.54, 1.807) is 43.3 Å². The number of nitrogens with zero attached hydrogens (tertiary/aromatic N) is 3. The molecule has 3 N–H and O–H groups in total. The van der Waals surface area contributed by atoms with Crippen LogP contribution >= 0.6 is 11.6 Å². The Bertz CT molecular complexity index is 950. The topological polar surface area (TPSA) is 103 Å². The van der Waals surface area contributed by atoms with E-state index in [9.17, 15) is 9.59 Å². The van der Waals surface area contributed by atoms with Gasteiger partial charge >= 0.3 is 0 Å². The van der Waals surface area contributed by atoms with Gasteiger partial charge in [0.05, 0.1) is 11.4 Å². The highest BCUT2D eigenvalue weighted by atomic mass is 35.5. The molecule has 3 rings (SSSR count). The Hall–Kier alpha value is -3.19. The Balaban J connectivity index is 1.82. The molecule has 0 aliphatic rings. The maximum absolute atomic E-state index is 12.4. The van der Waals surface area contributed by atoms with Gasteiger partial charge in [-0.2, -0.15) is 9.90 Å². The van der Waals surface area contributed by atoms with Crippen molar-refractivity contribution in [2.24, 2.45) is 5.73 Å². The first kappa shape index (κ1) is 16.7. The minimum atomic E-state index is -0.529. The Morgan fingerprint density at radius 2 is 1.84 bits per heavy atom. The van der Waals surface area contributed by atoms with Crippen molar-refractivity contribution >= 4 is 29.1 Å². The van der Waals surface area contributed by atoms with E-state index in [4.69, 9.17) is 17.3 Å². The largest absolute Gasteiger partial charge is 0.366 e. The molecule has 0 radical (unpaired) electrons. The minimum Gasteiger partial charge on any atom is -0.366 e. The second-order valence-electron chi connectivity index (χ2n) is 5.30. The fourth-order valence-corrected chi connectivity index (χ4v) is 2.40. The Morgan fingerprint density at radius 3 is 2.48 bits per heavy atom. The molecule has 2 aromatic carbocycles. The summed E-state index contributed by atoms with van der Waals surface area (Å²) in [7, 11) is 0. The van der Waals surface area contributed by atoms with Gasteiger partial charge in [-0.3, -0.25) is 9.59 Å². The molecule has 126 valence electrons. The number of primary amides is 1. The molecule has 8 heteroatoms. The summed E-state index contributed by atoms with van der Waals surface area (Å²) in [5, 5.41) is 11.7. The van der Waals surface area contributed by atoms with Crippen molar-refractivity contribution in [1.29, 1.82) is 0 Å². The van der Waals surface area contributed by atoms with Gasteiger partial charge in [-0.15, -0.1) is 5.10 Å². The molecule has 0 unspecified atom stereocenters. The first-order valence-electron chi connectivity index (χ1n) is 7.35. The van der Waals surface area contributed by atoms with Crippen molar-refractivity contribution in [3.05, 3.63) is 70.5 Å². The maximum atomic E-state index is 12.4. The Morgan fingerprint density at radius 1 is 1.12 bits per heavy atom. The van der Waals surface area contributed by atoms with E-state index in [0.29, 0.717) is 27.7 Å². The number of hydrogen-bond acceptors (Lipinski definition) is 4. The number of amides is 2. The summed E-state index contributed by atoms with van der Waals surface area (Å²) >= 11 is 5.97. The zero-order valence-corrected chi connectivity index (χ0v) is 14.0. The van der Waals surface area contributed by atoms with Crippen LogP contribution in [-0.2, 0) is 0 Å². The van der Waals surface area contributed by atoms with Crippen molar-refractivity contribution < 1.29 is 9.59 Å². The van der Waals surface area contributed by atoms with Crippen LogP contribution in [0.15, 0.2) is 48.5 Å². The summed E-state index contributed by atoms with van der Waals surface area (Å²) in [6, 6.07) is 13.3. The van der Waals surface area contributed by atoms with Crippen molar-refractivity contribution in [2.45, 2.75) is 6.92 Å². The fraction of sp³-hybridized carbons (Fsp3) is 0.0588. The lowest BCUT2D eigenvalue weighted by Crippen LogP contribution is -2.15. The molecule has 0 saturated heterocycles. The third-order valence-electron chi connectivity index (χ3n) is 3.46. The average molecular weight is 356 g/mol. The van der Waals surface area contributed by atoms with E-state index in [-0.39, 0.29) is 5.69 Å². The van der Waals surface area contributed by atoms with Gasteiger partial charge in [0.15, 0.2) is 5.69 Å². The highest BCUT2D eigenvalue weighted by Crippen LogP contribution is 2.16. The second kappa shape index (κ2) is 6.74. The van der Waals surface area contributed by atoms with E-state index < -0.39 is 11.8 Å². The van der Waals surface area contributed by atoms with Crippen LogP contribution in [0.1, 0.15) is 26.5 Å². The molecule has 0 aliphatic carbocycles. The molecule has 25 heavy (non-hydrogen) atoms. The average Bonchev–Trinajstić information content (AvgIpc) is 2.97. The number of halogens is 1. The molecule has 0 aliphatic heterocycles. The lowest BCUT2D eigenvalue weighted by Gasteiger charge is -2.04. The van der Waals surface area contributed by atoms with Gasteiger partial charge in [0, 0.05) is 16.3 Å². The molecule has 1 aromatic heterocycles. The van der Waals surface area contributed by atoms with E-state index in [0.717, 1.165) is 0 Å². The van der Waals surface area contributed by atoms with E-state index in [1.807, 2.05) is 0 Å². The number of hydrogen-bond donors (Lipinski definition) is 2. The van der Waals surface area contributed by atoms with Crippen molar-refractivity contribution in [3.8, 4) is 5.69 Å². The summed E-state index contributed by atoms with van der Waals surface area (Å²) in [4.78, 5) is 24.8. The number of carbonyl (C=O) groups excluding carboxylic acids is 2. The number of nitrogens with one attached hydrogen (secondary N) is 1. The monoisotopic (exact) mass is 355 g/mol. The van der Waals surface area contributed by atoms with Crippen LogP contribution in [0, 0.1) is 6.92 Å². The van der Waals surface area contributed by atoms with Gasteiger partial charge in [0.2, 0.25) is 5.91 Å². The minimum absolute atomic E-state index is 0.193. The summed E-state index contributed by atoms with van der Waals surface area (Å²) in [5.74, 6) is -0.934. The fourth-order valence-electron chi connectivity index (χ4n) is 2.21. The number of nitrogens with two attached hydrogens (primary N) is 1. The summed E-state index contributed by atoms with van der Waals surface area (Å²) < 4.78 is 0. The van der Waals surface area contributed by atoms with Gasteiger partial charge in [0.1, 0.15) is 0 Å². The van der Waals surface area contributed by atoms with Crippen molar-refractivity contribution in [1.82, 2.24) is 15.0 Å². The predicted molar refractivity (Wildman–Crippen MR) is 94.0 cm³/mol. The number of aromatic nitrogens is 3. The SMILES string of the molecule is Cc1nn(-c2cccc(Cl)c2)nc1C(=O)Nc1ccc(C(N)=O)cc1. The highest BCUT2D eigenvalue weighted by Gasteiger charge is 2.17. The maximum Gasteiger partial charge on any atom is 0.278 e. The van der Waals surface area contributed by atoms with Gasteiger partial charge in [-0.25, -0.2) is 0 Å². The summed E-state index contributed by atoms with van der Waals surface area (Å²) in [6.07, 6.45) is 0. The van der Waals surface area contributed by atoms with Crippen molar-refractivity contribution in [3.63, 3.8) is 0 Å². The number of rotatable bonds is 4. The lowest BCUT2D eigenvalue weighted by atomic mass is 10.2. The predicted octanol–water partition coefficient (Wildman–Crippen LogP) is 2.58. The molecule has 3 aromatic rings. The van der Waals surface area contributed by atoms with Crippen LogP contribution in [0.25, 0.3) is 5.69 Å². The van der Waals surface area contributed by atoms with E-state index >= 15 is 0 Å². The van der Waals surface area contributed by atoms with Crippen LogP contribution in [-0.4, -0.2) is 26.8 Å². The molecule has 2 amide bonds. The zero-order valence-electron chi connectivity index (χ0n) is 13.2. The molecular formula is C17H14ClN5O2. The van der Waals surface area contributed by atoms with Gasteiger partial charge in [-0.1, -0.05) is 17.7 Å². The molecule has 0 saturated carbocycles. The normalized spacial score (nSPS) is 10.5. The van der Waals surface area contributed by atoms with Crippen LogP contribution < -0.4 is 11.1 Å². The second-order valence-corrected chi connectivity index (χ2v) is 5.74. The zero-order chi connectivity index (χ0) is 18.0. The third-order valence-corrected chi connectivity index (χ3v) is 3.70. The molecule has 1 heterocycles. The van der Waals surface area contributed by atoms with Gasteiger partial charge in [-0.05, 0) is 49.4 Å². The quantitative estimate of drug-likeness (QED) is 0.750. The molecule has 7 nitrogen and oxygen atoms in total. The van der Waals surface area contributed by atoms with Crippen LogP contribution in [0.3, 0.4) is 0 Å². The first-order valence-corrected chi connectivity index (χ1v) is 7.73. The lowest BCUT2D eigenvalue weighted by molar-refractivity contribution is 0.0997. The highest BCUT2D eigenvalue weighted by molar-refractivity contribution is 6.30. The van der Waals surface area contributed by atoms with E-state index in [1.165, 1.54) is 16.9 Å². The molecule has 0 fully saturated rings. The number of carbonyl (C=O) groups is 2. The van der Waals surface area contributed by atoms with Crippen LogP contribution in [0.5, 0.6) is 0 Å². The Kier molecular flexibility index (Phi) is 4.49. The van der Waals surface area contributed by atoms with Crippen molar-refractivity contribution in [2.75, 3.05) is 5.32 Å². The smallest absolute Gasteiger partial charge is 0.278 e. The van der Waals surface area contributed by atoms with Gasteiger partial charge < -0.3 is 11.1 Å². The molecule has 0 atom stereocenters. The summed E-state index contributed by atoms with van der Waals surface area (Å²) in [5.41, 5.74) is 7.39. The van der Waals surface area contributed by atoms with E-state index in [2.05, 4.69) is 15.5 Å². The van der Waals surface area contributed by atoms with Crippen LogP contribution in [0.2, 0.25) is 5.02 Å². The molecule has 0 spiro atoms. The standard InChI is InChI=1S/C17H14ClN5O2/c1-10-15(22-23(21-10)14-4-2-3-12(18)9-14)17(25)20-13-7-5-11(6-8-13)16(19)24/h2-9H,1H3,(H2,19,24)(H,20,25). The Labute approximate surface area is 148 Å². The number of benzene rings is 2. The molecular weight excluding hydrogens is 342 g/mol. The molecule has 0 bridgehead atoms. The first-order chi connectivity index (χ1) is 11.9. The summed E-state index contributed by atoms with van der Waals surface area (Å²) in [6.45, 7) is 1.69. The van der Waals surface area contributed by atoms with Crippen LogP contribution in [0.4, 0.5) is 5.69 Å². The van der Waals surface area contributed by atoms with Gasteiger partial charge in [0.25, 0.3) is 5.91 Å². The third kappa shape index (κ3) is 3.67.